The van der Waals surface area contributed by atoms with Gasteiger partial charge in [0.2, 0.25) is 0 Å². The maximum absolute atomic E-state index is 10.9. The molecule has 1 heterocycles. The Bertz CT molecular complexity index is 431. The Hall–Kier alpha value is -1.55. The molecule has 1 N–H and O–H groups in total. The molecule has 4 heteroatoms. The average molecular weight is 263 g/mol. The van der Waals surface area contributed by atoms with E-state index in [0.29, 0.717) is 5.75 Å². The van der Waals surface area contributed by atoms with Crippen LogP contribution in [0.3, 0.4) is 0 Å². The van der Waals surface area contributed by atoms with Crippen molar-refractivity contribution in [3.05, 3.63) is 29.8 Å². The van der Waals surface area contributed by atoms with Crippen LogP contribution in [0.2, 0.25) is 0 Å². The number of hydrogen-bond acceptors (Lipinski definition) is 3. The van der Waals surface area contributed by atoms with Crippen LogP contribution in [-0.4, -0.2) is 41.7 Å². The molecule has 0 aliphatic carbocycles. The summed E-state index contributed by atoms with van der Waals surface area (Å²) in [5, 5.41) is 8.96. The first-order valence-electron chi connectivity index (χ1n) is 6.91. The van der Waals surface area contributed by atoms with E-state index in [-0.39, 0.29) is 11.7 Å². The zero-order valence-corrected chi connectivity index (χ0v) is 11.3. The molecule has 1 aliphatic heterocycles. The van der Waals surface area contributed by atoms with Crippen molar-refractivity contribution in [2.45, 2.75) is 32.3 Å². The Labute approximate surface area is 114 Å². The van der Waals surface area contributed by atoms with E-state index in [4.69, 9.17) is 9.84 Å². The van der Waals surface area contributed by atoms with E-state index < -0.39 is 5.97 Å². The molecule has 1 aliphatic rings. The molecule has 0 bridgehead atoms. The third-order valence-electron chi connectivity index (χ3n) is 3.39. The Balaban J connectivity index is 1.96. The van der Waals surface area contributed by atoms with Gasteiger partial charge in [0.05, 0.1) is 5.56 Å². The van der Waals surface area contributed by atoms with Gasteiger partial charge in [0, 0.05) is 6.54 Å². The van der Waals surface area contributed by atoms with Crippen molar-refractivity contribution in [2.75, 3.05) is 19.6 Å². The molecule has 0 spiro atoms. The van der Waals surface area contributed by atoms with Crippen molar-refractivity contribution in [1.29, 1.82) is 0 Å². The van der Waals surface area contributed by atoms with E-state index >= 15 is 0 Å². The number of ether oxygens (including phenoxy) is 1. The molecule has 0 aromatic heterocycles. The number of benzene rings is 1. The number of carboxylic acid groups (broad SMARTS) is 1. The van der Waals surface area contributed by atoms with Crippen LogP contribution in [0.5, 0.6) is 5.75 Å². The van der Waals surface area contributed by atoms with Crippen LogP contribution in [0.15, 0.2) is 24.3 Å². The van der Waals surface area contributed by atoms with Gasteiger partial charge in [-0.2, -0.15) is 0 Å². The molecule has 1 saturated heterocycles. The van der Waals surface area contributed by atoms with Crippen LogP contribution in [0.25, 0.3) is 0 Å². The SMILES string of the molecule is CCCN1CCCC(Oc2cccc(C(=O)O)c2)C1. The predicted molar refractivity (Wildman–Crippen MR) is 73.8 cm³/mol. The lowest BCUT2D eigenvalue weighted by atomic mass is 10.1. The molecule has 0 saturated carbocycles. The summed E-state index contributed by atoms with van der Waals surface area (Å²) in [4.78, 5) is 13.3. The minimum Gasteiger partial charge on any atom is -0.489 e. The third kappa shape index (κ3) is 3.96. The van der Waals surface area contributed by atoms with Crippen LogP contribution in [-0.2, 0) is 0 Å². The average Bonchev–Trinajstić information content (AvgIpc) is 2.40. The minimum absolute atomic E-state index is 0.171. The zero-order chi connectivity index (χ0) is 13.7. The Kier molecular flexibility index (Phi) is 4.80. The maximum atomic E-state index is 10.9. The summed E-state index contributed by atoms with van der Waals surface area (Å²) in [6.45, 7) is 5.36. The number of carbonyl (C=O) groups is 1. The van der Waals surface area contributed by atoms with E-state index in [1.807, 2.05) is 6.07 Å². The van der Waals surface area contributed by atoms with Gasteiger partial charge < -0.3 is 9.84 Å². The molecular weight excluding hydrogens is 242 g/mol. The molecule has 0 radical (unpaired) electrons. The second-order valence-corrected chi connectivity index (χ2v) is 5.02. The van der Waals surface area contributed by atoms with Crippen molar-refractivity contribution in [2.24, 2.45) is 0 Å². The first kappa shape index (κ1) is 13.9. The van der Waals surface area contributed by atoms with Gasteiger partial charge in [-0.05, 0) is 50.6 Å². The van der Waals surface area contributed by atoms with Gasteiger partial charge in [0.1, 0.15) is 11.9 Å². The van der Waals surface area contributed by atoms with Gasteiger partial charge in [-0.3, -0.25) is 4.90 Å². The zero-order valence-electron chi connectivity index (χ0n) is 11.3. The van der Waals surface area contributed by atoms with Crippen molar-refractivity contribution < 1.29 is 14.6 Å². The summed E-state index contributed by atoms with van der Waals surface area (Å²) in [5.41, 5.74) is 0.277. The normalized spacial score (nSPS) is 20.2. The lowest BCUT2D eigenvalue weighted by Gasteiger charge is -2.32. The monoisotopic (exact) mass is 263 g/mol. The molecular formula is C15H21NO3. The van der Waals surface area contributed by atoms with Gasteiger partial charge in [-0.15, -0.1) is 0 Å². The highest BCUT2D eigenvalue weighted by molar-refractivity contribution is 5.87. The van der Waals surface area contributed by atoms with Gasteiger partial charge in [-0.1, -0.05) is 13.0 Å². The van der Waals surface area contributed by atoms with Crippen molar-refractivity contribution >= 4 is 5.97 Å². The molecule has 104 valence electrons. The van der Waals surface area contributed by atoms with E-state index in [0.717, 1.165) is 38.9 Å². The summed E-state index contributed by atoms with van der Waals surface area (Å²) in [6, 6.07) is 6.73. The number of carboxylic acids is 1. The highest BCUT2D eigenvalue weighted by Crippen LogP contribution is 2.20. The summed E-state index contributed by atoms with van der Waals surface area (Å²) in [5.74, 6) is -0.259. The van der Waals surface area contributed by atoms with Crippen LogP contribution >= 0.6 is 0 Å². The van der Waals surface area contributed by atoms with Crippen LogP contribution < -0.4 is 4.74 Å². The second kappa shape index (κ2) is 6.57. The quantitative estimate of drug-likeness (QED) is 0.887. The lowest BCUT2D eigenvalue weighted by Crippen LogP contribution is -2.41. The molecule has 1 aromatic carbocycles. The standard InChI is InChI=1S/C15H21NO3/c1-2-8-16-9-4-7-14(11-16)19-13-6-3-5-12(10-13)15(17)18/h3,5-6,10,14H,2,4,7-9,11H2,1H3,(H,17,18). The molecule has 19 heavy (non-hydrogen) atoms. The van der Waals surface area contributed by atoms with E-state index in [1.165, 1.54) is 0 Å². The lowest BCUT2D eigenvalue weighted by molar-refractivity contribution is 0.0693. The molecule has 0 amide bonds. The topological polar surface area (TPSA) is 49.8 Å². The van der Waals surface area contributed by atoms with Gasteiger partial charge in [-0.25, -0.2) is 4.79 Å². The van der Waals surface area contributed by atoms with E-state index in [9.17, 15) is 4.79 Å². The second-order valence-electron chi connectivity index (χ2n) is 5.02. The first-order chi connectivity index (χ1) is 9.19. The first-order valence-corrected chi connectivity index (χ1v) is 6.91. The smallest absolute Gasteiger partial charge is 0.335 e. The maximum Gasteiger partial charge on any atom is 0.335 e. The fourth-order valence-corrected chi connectivity index (χ4v) is 2.52. The molecule has 1 unspecified atom stereocenters. The molecule has 2 rings (SSSR count). The summed E-state index contributed by atoms with van der Waals surface area (Å²) in [7, 11) is 0. The number of piperidine rings is 1. The van der Waals surface area contributed by atoms with Crippen LogP contribution in [0, 0.1) is 0 Å². The fourth-order valence-electron chi connectivity index (χ4n) is 2.52. The van der Waals surface area contributed by atoms with Crippen molar-refractivity contribution in [3.8, 4) is 5.75 Å². The van der Waals surface area contributed by atoms with E-state index in [1.54, 1.807) is 18.2 Å². The highest BCUT2D eigenvalue weighted by atomic mass is 16.5. The highest BCUT2D eigenvalue weighted by Gasteiger charge is 2.20. The number of rotatable bonds is 5. The summed E-state index contributed by atoms with van der Waals surface area (Å²) in [6.07, 6.45) is 3.51. The van der Waals surface area contributed by atoms with Crippen LogP contribution in [0.4, 0.5) is 0 Å². The number of aromatic carboxylic acids is 1. The molecule has 1 atom stereocenters. The number of nitrogens with zero attached hydrogens (tertiary/aromatic N) is 1. The fraction of sp³-hybridized carbons (Fsp3) is 0.533. The molecule has 1 fully saturated rings. The molecule has 4 nitrogen and oxygen atoms in total. The number of likely N-dealkylation sites (tertiary alicyclic amines) is 1. The van der Waals surface area contributed by atoms with Gasteiger partial charge in [0.25, 0.3) is 0 Å². The van der Waals surface area contributed by atoms with Crippen LogP contribution in [0.1, 0.15) is 36.5 Å². The molecule has 1 aromatic rings. The Morgan fingerprint density at radius 2 is 2.37 bits per heavy atom. The largest absolute Gasteiger partial charge is 0.489 e. The number of hydrogen-bond donors (Lipinski definition) is 1. The van der Waals surface area contributed by atoms with Gasteiger partial charge >= 0.3 is 5.97 Å². The predicted octanol–water partition coefficient (Wildman–Crippen LogP) is 2.64. The van der Waals surface area contributed by atoms with Crippen molar-refractivity contribution in [3.63, 3.8) is 0 Å². The van der Waals surface area contributed by atoms with E-state index in [2.05, 4.69) is 11.8 Å². The summed E-state index contributed by atoms with van der Waals surface area (Å²) >= 11 is 0. The summed E-state index contributed by atoms with van der Waals surface area (Å²) < 4.78 is 5.92. The Morgan fingerprint density at radius 3 is 3.11 bits per heavy atom. The minimum atomic E-state index is -0.915. The van der Waals surface area contributed by atoms with Crippen molar-refractivity contribution in [1.82, 2.24) is 4.90 Å². The van der Waals surface area contributed by atoms with Gasteiger partial charge in [0.15, 0.2) is 0 Å². The third-order valence-corrected chi connectivity index (χ3v) is 3.39. The Morgan fingerprint density at radius 1 is 1.53 bits per heavy atom.